The van der Waals surface area contributed by atoms with Crippen LogP contribution in [0.25, 0.3) is 0 Å². The van der Waals surface area contributed by atoms with Crippen LogP contribution in [-0.4, -0.2) is 24.0 Å². The van der Waals surface area contributed by atoms with E-state index in [0.717, 1.165) is 49.9 Å². The molecule has 146 valence electrons. The van der Waals surface area contributed by atoms with E-state index < -0.39 is 5.72 Å². The normalized spacial score (nSPS) is 19.0. The molecule has 0 N–H and O–H groups in total. The van der Waals surface area contributed by atoms with Crippen molar-refractivity contribution < 1.29 is 9.53 Å². The summed E-state index contributed by atoms with van der Waals surface area (Å²) < 4.78 is 6.18. The Kier molecular flexibility index (Phi) is 8.64. The monoisotopic (exact) mass is 359 g/mol. The number of unbranched alkanes of at least 4 members (excludes halogenated alkanes) is 6. The molecule has 0 saturated heterocycles. The summed E-state index contributed by atoms with van der Waals surface area (Å²) >= 11 is 0. The van der Waals surface area contributed by atoms with Crippen LogP contribution >= 0.6 is 0 Å². The van der Waals surface area contributed by atoms with E-state index in [2.05, 4.69) is 31.7 Å². The summed E-state index contributed by atoms with van der Waals surface area (Å²) in [6.07, 6.45) is 11.6. The number of ether oxygens (including phenoxy) is 1. The maximum absolute atomic E-state index is 12.6. The topological polar surface area (TPSA) is 29.5 Å². The zero-order chi connectivity index (χ0) is 18.8. The van der Waals surface area contributed by atoms with Gasteiger partial charge in [-0.3, -0.25) is 4.90 Å². The summed E-state index contributed by atoms with van der Waals surface area (Å²) in [7, 11) is 0. The highest BCUT2D eigenvalue weighted by molar-refractivity contribution is 5.94. The molecule has 1 atom stereocenters. The molecule has 1 aromatic carbocycles. The average Bonchev–Trinajstić information content (AvgIpc) is 2.94. The quantitative estimate of drug-likeness (QED) is 0.307. The fourth-order valence-corrected chi connectivity index (χ4v) is 4.04. The minimum absolute atomic E-state index is 0.145. The maximum atomic E-state index is 12.6. The summed E-state index contributed by atoms with van der Waals surface area (Å²) in [5, 5.41) is 0. The van der Waals surface area contributed by atoms with Crippen LogP contribution in [0.2, 0.25) is 0 Å². The lowest BCUT2D eigenvalue weighted by Gasteiger charge is -2.41. The second-order valence-electron chi connectivity index (χ2n) is 7.58. The van der Waals surface area contributed by atoms with Gasteiger partial charge >= 0.3 is 5.97 Å². The molecule has 1 aliphatic rings. The smallest absolute Gasteiger partial charge is 0.340 e. The SMILES string of the molecule is CCCCCN(CCCCC)C1(CCCCC)OC(=O)c2ccccc21. The molecule has 3 nitrogen and oxygen atoms in total. The van der Waals surface area contributed by atoms with Crippen LogP contribution in [0.5, 0.6) is 0 Å². The van der Waals surface area contributed by atoms with Crippen LogP contribution in [0.4, 0.5) is 0 Å². The zero-order valence-corrected chi connectivity index (χ0v) is 17.1. The van der Waals surface area contributed by atoms with Gasteiger partial charge in [0.2, 0.25) is 0 Å². The lowest BCUT2D eigenvalue weighted by molar-refractivity contribution is -0.123. The van der Waals surface area contributed by atoms with E-state index in [9.17, 15) is 4.79 Å². The third-order valence-electron chi connectivity index (χ3n) is 5.52. The summed E-state index contributed by atoms with van der Waals surface area (Å²) in [5.41, 5.74) is 1.30. The number of benzene rings is 1. The Morgan fingerprint density at radius 3 is 2.04 bits per heavy atom. The molecule has 26 heavy (non-hydrogen) atoms. The Morgan fingerprint density at radius 2 is 1.42 bits per heavy atom. The molecule has 0 spiro atoms. The zero-order valence-electron chi connectivity index (χ0n) is 17.1. The second-order valence-corrected chi connectivity index (χ2v) is 7.58. The van der Waals surface area contributed by atoms with E-state index in [0.29, 0.717) is 0 Å². The Hall–Kier alpha value is -1.35. The number of rotatable bonds is 13. The van der Waals surface area contributed by atoms with Gasteiger partial charge in [-0.2, -0.15) is 0 Å². The molecule has 0 fully saturated rings. The fraction of sp³-hybridized carbons (Fsp3) is 0.696. The van der Waals surface area contributed by atoms with Gasteiger partial charge in [0.05, 0.1) is 5.56 Å². The van der Waals surface area contributed by atoms with Gasteiger partial charge in [-0.05, 0) is 25.3 Å². The van der Waals surface area contributed by atoms with Gasteiger partial charge < -0.3 is 4.74 Å². The summed E-state index contributed by atoms with van der Waals surface area (Å²) in [6, 6.07) is 8.03. The van der Waals surface area contributed by atoms with Crippen LogP contribution < -0.4 is 0 Å². The molecule has 0 radical (unpaired) electrons. The second kappa shape index (κ2) is 10.7. The van der Waals surface area contributed by atoms with Crippen molar-refractivity contribution in [2.24, 2.45) is 0 Å². The maximum Gasteiger partial charge on any atom is 0.340 e. The number of nitrogens with zero attached hydrogens (tertiary/aromatic N) is 1. The van der Waals surface area contributed by atoms with Crippen molar-refractivity contribution in [1.82, 2.24) is 4.90 Å². The highest BCUT2D eigenvalue weighted by Gasteiger charge is 2.48. The number of esters is 1. The van der Waals surface area contributed by atoms with E-state index in [1.807, 2.05) is 18.2 Å². The van der Waals surface area contributed by atoms with E-state index in [1.54, 1.807) is 0 Å². The van der Waals surface area contributed by atoms with Gasteiger partial charge in [-0.15, -0.1) is 0 Å². The van der Waals surface area contributed by atoms with Crippen LogP contribution in [0.1, 0.15) is 101 Å². The van der Waals surface area contributed by atoms with E-state index in [4.69, 9.17) is 4.74 Å². The van der Waals surface area contributed by atoms with Crippen LogP contribution in [0, 0.1) is 0 Å². The number of hydrogen-bond donors (Lipinski definition) is 0. The van der Waals surface area contributed by atoms with Gasteiger partial charge in [0.25, 0.3) is 0 Å². The molecule has 3 heteroatoms. The third kappa shape index (κ3) is 4.88. The van der Waals surface area contributed by atoms with E-state index in [-0.39, 0.29) is 5.97 Å². The molecule has 0 bridgehead atoms. The van der Waals surface area contributed by atoms with Crippen molar-refractivity contribution in [2.45, 2.75) is 90.7 Å². The fourth-order valence-electron chi connectivity index (χ4n) is 4.04. The first-order valence-corrected chi connectivity index (χ1v) is 10.8. The lowest BCUT2D eigenvalue weighted by Crippen LogP contribution is -2.47. The van der Waals surface area contributed by atoms with Crippen molar-refractivity contribution in [3.05, 3.63) is 35.4 Å². The molecule has 1 aliphatic heterocycles. The molecule has 1 unspecified atom stereocenters. The Bertz CT molecular complexity index is 547. The predicted octanol–water partition coefficient (Wildman–Crippen LogP) is 6.27. The minimum atomic E-state index is -0.551. The van der Waals surface area contributed by atoms with Gasteiger partial charge in [0.1, 0.15) is 0 Å². The van der Waals surface area contributed by atoms with Crippen LogP contribution in [0.15, 0.2) is 24.3 Å². The van der Waals surface area contributed by atoms with Gasteiger partial charge in [-0.1, -0.05) is 77.5 Å². The highest BCUT2D eigenvalue weighted by atomic mass is 16.6. The standard InChI is InChI=1S/C23H37NO2/c1-4-7-12-17-23(21-16-11-10-15-20(21)22(25)26-23)24(18-13-8-5-2)19-14-9-6-3/h10-11,15-16H,4-9,12-14,17-19H2,1-3H3. The largest absolute Gasteiger partial charge is 0.436 e. The summed E-state index contributed by atoms with van der Waals surface area (Å²) in [4.78, 5) is 15.1. The Morgan fingerprint density at radius 1 is 0.846 bits per heavy atom. The van der Waals surface area contributed by atoms with Crippen molar-refractivity contribution in [1.29, 1.82) is 0 Å². The predicted molar refractivity (Wildman–Crippen MR) is 108 cm³/mol. The Labute approximate surface area is 160 Å². The molecule has 1 aromatic rings. The van der Waals surface area contributed by atoms with Gasteiger partial charge in [0, 0.05) is 25.1 Å². The molecule has 0 aliphatic carbocycles. The Balaban J connectivity index is 2.31. The number of fused-ring (bicyclic) bond motifs is 1. The van der Waals surface area contributed by atoms with Crippen LogP contribution in [0.3, 0.4) is 0 Å². The van der Waals surface area contributed by atoms with E-state index >= 15 is 0 Å². The third-order valence-corrected chi connectivity index (χ3v) is 5.52. The molecule has 0 aromatic heterocycles. The van der Waals surface area contributed by atoms with Gasteiger partial charge in [0.15, 0.2) is 5.72 Å². The lowest BCUT2D eigenvalue weighted by atomic mass is 9.92. The van der Waals surface area contributed by atoms with Crippen molar-refractivity contribution in [3.8, 4) is 0 Å². The minimum Gasteiger partial charge on any atom is -0.436 e. The molecule has 0 amide bonds. The first-order chi connectivity index (χ1) is 12.7. The average molecular weight is 360 g/mol. The van der Waals surface area contributed by atoms with E-state index in [1.165, 1.54) is 38.5 Å². The summed E-state index contributed by atoms with van der Waals surface area (Å²) in [6.45, 7) is 8.71. The molecule has 2 rings (SSSR count). The number of carbonyl (C=O) groups excluding carboxylic acids is 1. The molecular weight excluding hydrogens is 322 g/mol. The number of carbonyl (C=O) groups is 1. The number of hydrogen-bond acceptors (Lipinski definition) is 3. The van der Waals surface area contributed by atoms with Crippen molar-refractivity contribution >= 4 is 5.97 Å². The molecular formula is C23H37NO2. The van der Waals surface area contributed by atoms with Gasteiger partial charge in [-0.25, -0.2) is 4.79 Å². The van der Waals surface area contributed by atoms with Crippen molar-refractivity contribution in [2.75, 3.05) is 13.1 Å². The first-order valence-electron chi connectivity index (χ1n) is 10.8. The number of cyclic esters (lactones) is 1. The molecule has 0 saturated carbocycles. The molecule has 1 heterocycles. The van der Waals surface area contributed by atoms with Crippen LogP contribution in [-0.2, 0) is 10.5 Å². The summed E-state index contributed by atoms with van der Waals surface area (Å²) in [5.74, 6) is -0.145. The van der Waals surface area contributed by atoms with Crippen molar-refractivity contribution in [3.63, 3.8) is 0 Å². The highest BCUT2D eigenvalue weighted by Crippen LogP contribution is 2.43. The first kappa shape index (κ1) is 21.0.